The molecule has 0 N–H and O–H groups in total. The third kappa shape index (κ3) is 6.39. The van der Waals surface area contributed by atoms with Gasteiger partial charge in [0.15, 0.2) is 0 Å². The molecule has 2 fully saturated rings. The van der Waals surface area contributed by atoms with Gasteiger partial charge in [-0.2, -0.15) is 0 Å². The van der Waals surface area contributed by atoms with Crippen molar-refractivity contribution in [2.24, 2.45) is 5.41 Å². The number of rotatable bonds is 4. The molecule has 3 heteroatoms. The third-order valence-electron chi connectivity index (χ3n) is 20.2. The van der Waals surface area contributed by atoms with Crippen molar-refractivity contribution >= 4 is 66.0 Å². The maximum absolute atomic E-state index is 2.85. The molecule has 3 heterocycles. The van der Waals surface area contributed by atoms with E-state index < -0.39 is 0 Å². The second kappa shape index (κ2) is 15.2. The van der Waals surface area contributed by atoms with Crippen LogP contribution in [0, 0.1) is 19.3 Å². The number of hydrogen-bond acceptors (Lipinski definition) is 2. The molecule has 1 aromatic heterocycles. The van der Waals surface area contributed by atoms with Crippen LogP contribution in [0.5, 0.6) is 0 Å². The average molecular weight is 926 g/mol. The fraction of sp³-hybridized carbons (Fsp3) is 0.455. The number of thiophene rings is 1. The molecule has 6 atom stereocenters. The molecule has 0 bridgehead atoms. The Morgan fingerprint density at radius 1 is 0.638 bits per heavy atom. The summed E-state index contributed by atoms with van der Waals surface area (Å²) in [4.78, 5) is 2.85. The van der Waals surface area contributed by atoms with Crippen LogP contribution in [0.25, 0.3) is 20.2 Å². The van der Waals surface area contributed by atoms with Gasteiger partial charge in [0.1, 0.15) is 0 Å². The van der Waals surface area contributed by atoms with Gasteiger partial charge in [0.25, 0.3) is 0 Å². The summed E-state index contributed by atoms with van der Waals surface area (Å²) in [5, 5.41) is 2.82. The van der Waals surface area contributed by atoms with E-state index in [2.05, 4.69) is 198 Å². The Morgan fingerprint density at radius 2 is 1.33 bits per heavy atom. The van der Waals surface area contributed by atoms with Crippen LogP contribution in [0.2, 0.25) is 0 Å². The Morgan fingerprint density at radius 3 is 2.10 bits per heavy atom. The predicted octanol–water partition coefficient (Wildman–Crippen LogP) is 16.4. The number of anilines is 2. The molecular weight excluding hydrogens is 850 g/mol. The van der Waals surface area contributed by atoms with Gasteiger partial charge in [-0.25, -0.2) is 0 Å². The van der Waals surface area contributed by atoms with Crippen molar-refractivity contribution in [1.29, 1.82) is 0 Å². The van der Waals surface area contributed by atoms with Crippen molar-refractivity contribution in [3.63, 3.8) is 0 Å². The van der Waals surface area contributed by atoms with Gasteiger partial charge < -0.3 is 4.90 Å². The molecule has 0 saturated heterocycles. The van der Waals surface area contributed by atoms with E-state index in [0.29, 0.717) is 5.92 Å². The zero-order chi connectivity index (χ0) is 48.4. The van der Waals surface area contributed by atoms with Crippen LogP contribution in [0.15, 0.2) is 103 Å². The van der Waals surface area contributed by atoms with Crippen molar-refractivity contribution < 1.29 is 0 Å². The molecule has 12 rings (SSSR count). The van der Waals surface area contributed by atoms with E-state index in [1.165, 1.54) is 128 Å². The smallest absolute Gasteiger partial charge is 0.242 e. The number of benzene rings is 6. The minimum absolute atomic E-state index is 0.0147. The van der Waals surface area contributed by atoms with Gasteiger partial charge in [-0.05, 0) is 149 Å². The first-order valence-electron chi connectivity index (χ1n) is 27.0. The van der Waals surface area contributed by atoms with Crippen molar-refractivity contribution in [2.45, 2.75) is 187 Å². The first-order valence-corrected chi connectivity index (χ1v) is 27.8. The standard InChI is InChI=1S/C66H76BNS/c1-40-33-41(2)60-49(34-40)50-39-63(10)29-16-17-30-64(63,11)52-36-44(62(7,8)9)37-54(59(50)52)67(60)53-27-26-45(38-48(53)42(3)46-22-20-24-57-58(46)47-21-14-15-23-56(47)69-57)68-55-28-25-43(61(4,5)6)35-51(55)65(12)31-18-19-32-66(65,68)13/h14-15,20-28,33-38,42,50H,16-19,29-32,39H2,1-13H3. The molecule has 0 radical (unpaired) electrons. The van der Waals surface area contributed by atoms with E-state index in [9.17, 15) is 0 Å². The van der Waals surface area contributed by atoms with Crippen molar-refractivity contribution in [3.05, 3.63) is 159 Å². The predicted molar refractivity (Wildman–Crippen MR) is 301 cm³/mol. The summed E-state index contributed by atoms with van der Waals surface area (Å²) in [6.45, 7) is 32.6. The lowest BCUT2D eigenvalue weighted by molar-refractivity contribution is 0.0602. The summed E-state index contributed by atoms with van der Waals surface area (Å²) in [7, 11) is 0. The van der Waals surface area contributed by atoms with Crippen LogP contribution in [-0.4, -0.2) is 12.3 Å². The summed E-state index contributed by atoms with van der Waals surface area (Å²) < 4.78 is 2.76. The van der Waals surface area contributed by atoms with Gasteiger partial charge in [-0.1, -0.05) is 195 Å². The van der Waals surface area contributed by atoms with E-state index in [4.69, 9.17) is 0 Å². The van der Waals surface area contributed by atoms with Gasteiger partial charge in [-0.3, -0.25) is 0 Å². The largest absolute Gasteiger partial charge is 0.334 e. The van der Waals surface area contributed by atoms with Crippen molar-refractivity contribution in [3.8, 4) is 0 Å². The highest BCUT2D eigenvalue weighted by atomic mass is 32.1. The molecule has 2 aliphatic heterocycles. The van der Waals surface area contributed by atoms with Gasteiger partial charge >= 0.3 is 0 Å². The van der Waals surface area contributed by atoms with E-state index in [1.54, 1.807) is 33.2 Å². The van der Waals surface area contributed by atoms with Gasteiger partial charge in [0.2, 0.25) is 6.71 Å². The quantitative estimate of drug-likeness (QED) is 0.159. The number of fused-ring (bicyclic) bond motifs is 10. The molecule has 1 nitrogen and oxygen atoms in total. The number of nitrogens with zero attached hydrogens (tertiary/aromatic N) is 1. The Labute approximate surface area is 419 Å². The summed E-state index contributed by atoms with van der Waals surface area (Å²) in [5.41, 5.74) is 23.1. The fourth-order valence-corrected chi connectivity index (χ4v) is 17.0. The lowest BCUT2D eigenvalue weighted by atomic mass is 9.29. The molecule has 69 heavy (non-hydrogen) atoms. The van der Waals surface area contributed by atoms with Crippen LogP contribution < -0.4 is 21.3 Å². The van der Waals surface area contributed by atoms with Crippen LogP contribution >= 0.6 is 11.3 Å². The van der Waals surface area contributed by atoms with E-state index >= 15 is 0 Å². The Balaban J connectivity index is 1.16. The molecular formula is C66H76BNS. The molecule has 354 valence electrons. The summed E-state index contributed by atoms with van der Waals surface area (Å²) in [5.74, 6) is 0.546. The second-order valence-electron chi connectivity index (χ2n) is 26.1. The molecule has 0 amide bonds. The molecule has 5 aliphatic rings. The molecule has 3 aliphatic carbocycles. The van der Waals surface area contributed by atoms with Crippen LogP contribution in [0.4, 0.5) is 11.4 Å². The Hall–Kier alpha value is -4.60. The molecule has 2 saturated carbocycles. The monoisotopic (exact) mass is 926 g/mol. The highest BCUT2D eigenvalue weighted by molar-refractivity contribution is 7.25. The van der Waals surface area contributed by atoms with Crippen LogP contribution in [0.3, 0.4) is 0 Å². The number of hydrogen-bond donors (Lipinski definition) is 0. The average Bonchev–Trinajstić information content (AvgIpc) is 3.78. The zero-order valence-corrected chi connectivity index (χ0v) is 45.1. The summed E-state index contributed by atoms with van der Waals surface area (Å²) in [6, 6.07) is 42.4. The van der Waals surface area contributed by atoms with E-state index in [1.807, 2.05) is 11.3 Å². The Kier molecular flexibility index (Phi) is 10.0. The maximum atomic E-state index is 2.85. The highest BCUT2D eigenvalue weighted by Gasteiger charge is 2.59. The normalized spacial score (nSPS) is 26.7. The molecule has 6 unspecified atom stereocenters. The van der Waals surface area contributed by atoms with E-state index in [0.717, 1.165) is 0 Å². The third-order valence-corrected chi connectivity index (χ3v) is 21.3. The van der Waals surface area contributed by atoms with Gasteiger partial charge in [-0.15, -0.1) is 11.3 Å². The minimum Gasteiger partial charge on any atom is -0.334 e. The molecule has 0 spiro atoms. The van der Waals surface area contributed by atoms with Crippen molar-refractivity contribution in [1.82, 2.24) is 0 Å². The lowest BCUT2D eigenvalue weighted by Crippen LogP contribution is -2.63. The number of aryl methyl sites for hydroxylation is 2. The Bertz CT molecular complexity index is 3260. The summed E-state index contributed by atoms with van der Waals surface area (Å²) >= 11 is 1.95. The van der Waals surface area contributed by atoms with Gasteiger partial charge in [0.05, 0.1) is 5.54 Å². The lowest BCUT2D eigenvalue weighted by Gasteiger charge is -2.58. The molecule has 6 aromatic carbocycles. The first kappa shape index (κ1) is 45.5. The fourth-order valence-electron chi connectivity index (χ4n) is 15.8. The molecule has 7 aromatic rings. The van der Waals surface area contributed by atoms with E-state index in [-0.39, 0.29) is 45.2 Å². The minimum atomic E-state index is -0.0450. The zero-order valence-electron chi connectivity index (χ0n) is 44.3. The van der Waals surface area contributed by atoms with Crippen LogP contribution in [0.1, 0.15) is 201 Å². The van der Waals surface area contributed by atoms with Crippen LogP contribution in [-0.2, 0) is 21.7 Å². The first-order chi connectivity index (χ1) is 32.7. The summed E-state index contributed by atoms with van der Waals surface area (Å²) in [6.07, 6.45) is 11.5. The van der Waals surface area contributed by atoms with Crippen molar-refractivity contribution in [2.75, 3.05) is 4.90 Å². The topological polar surface area (TPSA) is 3.24 Å². The maximum Gasteiger partial charge on any atom is 0.242 e. The SMILES string of the molecule is Cc1cc(C)c2c(c1)C1CC3(C)CCCCC3(C)c3cc(C(C)(C)C)cc(c31)B2c1ccc(N2c3ccc(C(C)(C)C)cc3C3(C)CCCCC23C)cc1C(C)c1cccc2sc3ccccc3c12. The second-order valence-corrected chi connectivity index (χ2v) is 27.2. The van der Waals surface area contributed by atoms with Gasteiger partial charge in [0, 0.05) is 48.8 Å². The highest BCUT2D eigenvalue weighted by Crippen LogP contribution is 2.64.